The minimum Gasteiger partial charge on any atom is -0.318 e. The van der Waals surface area contributed by atoms with E-state index in [1.165, 1.54) is 0 Å². The maximum absolute atomic E-state index is 12.3. The highest BCUT2D eigenvalue weighted by atomic mass is 32.2. The molecule has 0 aliphatic carbocycles. The second-order valence-corrected chi connectivity index (χ2v) is 7.29. The Morgan fingerprint density at radius 1 is 1.39 bits per heavy atom. The zero-order valence-corrected chi connectivity index (χ0v) is 12.8. The SMILES string of the molecule is CCN(CC)C1CCN(S(=O)(=O)C(C)CNC)C1. The Hall–Kier alpha value is -0.170. The van der Waals surface area contributed by atoms with E-state index in [9.17, 15) is 8.42 Å². The van der Waals surface area contributed by atoms with Crippen LogP contribution in [0.5, 0.6) is 0 Å². The third kappa shape index (κ3) is 3.44. The molecule has 0 aromatic heterocycles. The van der Waals surface area contributed by atoms with Gasteiger partial charge in [-0.2, -0.15) is 0 Å². The average Bonchev–Trinajstić information content (AvgIpc) is 2.81. The molecule has 1 N–H and O–H groups in total. The van der Waals surface area contributed by atoms with Crippen LogP contribution < -0.4 is 5.32 Å². The molecule has 1 aliphatic heterocycles. The summed E-state index contributed by atoms with van der Waals surface area (Å²) in [5, 5.41) is 2.59. The summed E-state index contributed by atoms with van der Waals surface area (Å²) in [6, 6.07) is 0.386. The summed E-state index contributed by atoms with van der Waals surface area (Å²) in [6.07, 6.45) is 0.952. The summed E-state index contributed by atoms with van der Waals surface area (Å²) >= 11 is 0. The van der Waals surface area contributed by atoms with Crippen molar-refractivity contribution in [1.82, 2.24) is 14.5 Å². The van der Waals surface area contributed by atoms with Gasteiger partial charge in [0.15, 0.2) is 0 Å². The first-order valence-electron chi connectivity index (χ1n) is 6.84. The van der Waals surface area contributed by atoms with Crippen molar-refractivity contribution in [1.29, 1.82) is 0 Å². The first-order valence-corrected chi connectivity index (χ1v) is 8.35. The highest BCUT2D eigenvalue weighted by Crippen LogP contribution is 2.20. The standard InChI is InChI=1S/C12H27N3O2S/c1-5-14(6-2)12-7-8-15(10-12)18(16,17)11(3)9-13-4/h11-13H,5-10H2,1-4H3. The predicted octanol–water partition coefficient (Wildman–Crippen LogP) is 0.340. The van der Waals surface area contributed by atoms with Crippen LogP contribution in [-0.4, -0.2) is 68.7 Å². The molecule has 0 saturated carbocycles. The molecule has 0 aromatic rings. The highest BCUT2D eigenvalue weighted by molar-refractivity contribution is 7.89. The molecule has 6 heteroatoms. The van der Waals surface area contributed by atoms with E-state index in [2.05, 4.69) is 24.1 Å². The van der Waals surface area contributed by atoms with Gasteiger partial charge in [0.2, 0.25) is 10.0 Å². The summed E-state index contributed by atoms with van der Waals surface area (Å²) < 4.78 is 26.3. The van der Waals surface area contributed by atoms with Gasteiger partial charge in [-0.25, -0.2) is 12.7 Å². The second-order valence-electron chi connectivity index (χ2n) is 4.93. The van der Waals surface area contributed by atoms with Gasteiger partial charge in [-0.1, -0.05) is 13.8 Å². The van der Waals surface area contributed by atoms with Crippen LogP contribution in [0.2, 0.25) is 0 Å². The van der Waals surface area contributed by atoms with E-state index in [1.54, 1.807) is 18.3 Å². The van der Waals surface area contributed by atoms with Crippen molar-refractivity contribution in [3.05, 3.63) is 0 Å². The third-order valence-electron chi connectivity index (χ3n) is 3.81. The maximum atomic E-state index is 12.3. The monoisotopic (exact) mass is 277 g/mol. The molecular weight excluding hydrogens is 250 g/mol. The molecule has 1 fully saturated rings. The summed E-state index contributed by atoms with van der Waals surface area (Å²) in [6.45, 7) is 9.83. The second kappa shape index (κ2) is 6.84. The lowest BCUT2D eigenvalue weighted by Crippen LogP contribution is -2.43. The fourth-order valence-corrected chi connectivity index (χ4v) is 4.25. The van der Waals surface area contributed by atoms with Crippen LogP contribution in [0.25, 0.3) is 0 Å². The molecule has 2 atom stereocenters. The highest BCUT2D eigenvalue weighted by Gasteiger charge is 2.36. The van der Waals surface area contributed by atoms with Crippen molar-refractivity contribution >= 4 is 10.0 Å². The van der Waals surface area contributed by atoms with Gasteiger partial charge in [0.25, 0.3) is 0 Å². The van der Waals surface area contributed by atoms with E-state index >= 15 is 0 Å². The van der Waals surface area contributed by atoms with Gasteiger partial charge in [-0.05, 0) is 33.5 Å². The molecule has 0 aromatic carbocycles. The topological polar surface area (TPSA) is 52.7 Å². The molecule has 18 heavy (non-hydrogen) atoms. The Kier molecular flexibility index (Phi) is 6.04. The smallest absolute Gasteiger partial charge is 0.218 e. The zero-order chi connectivity index (χ0) is 13.8. The lowest BCUT2D eigenvalue weighted by molar-refractivity contribution is 0.224. The molecule has 0 amide bonds. The summed E-state index contributed by atoms with van der Waals surface area (Å²) in [5.74, 6) is 0. The average molecular weight is 277 g/mol. The molecular formula is C12H27N3O2S. The van der Waals surface area contributed by atoms with Crippen LogP contribution in [-0.2, 0) is 10.0 Å². The molecule has 1 aliphatic rings. The van der Waals surface area contributed by atoms with Crippen molar-refractivity contribution in [2.24, 2.45) is 0 Å². The third-order valence-corrected chi connectivity index (χ3v) is 6.05. The fraction of sp³-hybridized carbons (Fsp3) is 1.00. The maximum Gasteiger partial charge on any atom is 0.218 e. The predicted molar refractivity (Wildman–Crippen MR) is 75.2 cm³/mol. The normalized spacial score (nSPS) is 23.7. The van der Waals surface area contributed by atoms with Crippen molar-refractivity contribution in [3.63, 3.8) is 0 Å². The van der Waals surface area contributed by atoms with Crippen LogP contribution in [0.4, 0.5) is 0 Å². The van der Waals surface area contributed by atoms with Crippen LogP contribution >= 0.6 is 0 Å². The Morgan fingerprint density at radius 3 is 2.50 bits per heavy atom. The van der Waals surface area contributed by atoms with Gasteiger partial charge in [0.1, 0.15) is 0 Å². The van der Waals surface area contributed by atoms with Crippen LogP contribution in [0, 0.1) is 0 Å². The van der Waals surface area contributed by atoms with Crippen molar-refractivity contribution in [2.45, 2.75) is 38.5 Å². The van der Waals surface area contributed by atoms with E-state index < -0.39 is 10.0 Å². The molecule has 0 radical (unpaired) electrons. The van der Waals surface area contributed by atoms with Gasteiger partial charge < -0.3 is 5.32 Å². The van der Waals surface area contributed by atoms with Crippen LogP contribution in [0.3, 0.4) is 0 Å². The minimum absolute atomic E-state index is 0.349. The number of sulfonamides is 1. The Labute approximate surface area is 112 Å². The molecule has 108 valence electrons. The number of nitrogens with one attached hydrogen (secondary N) is 1. The number of nitrogens with zero attached hydrogens (tertiary/aromatic N) is 2. The van der Waals surface area contributed by atoms with Crippen molar-refractivity contribution in [2.75, 3.05) is 39.8 Å². The summed E-state index contributed by atoms with van der Waals surface area (Å²) in [5.41, 5.74) is 0. The molecule has 0 spiro atoms. The molecule has 1 saturated heterocycles. The van der Waals surface area contributed by atoms with Crippen molar-refractivity contribution in [3.8, 4) is 0 Å². The number of hydrogen-bond donors (Lipinski definition) is 1. The van der Waals surface area contributed by atoms with Gasteiger partial charge in [0, 0.05) is 25.7 Å². The Balaban J connectivity index is 2.66. The van der Waals surface area contributed by atoms with Gasteiger partial charge in [0.05, 0.1) is 5.25 Å². The fourth-order valence-electron chi connectivity index (χ4n) is 2.63. The van der Waals surface area contributed by atoms with E-state index in [1.807, 2.05) is 0 Å². The van der Waals surface area contributed by atoms with Crippen LogP contribution in [0.15, 0.2) is 0 Å². The Bertz CT molecular complexity index is 341. The van der Waals surface area contributed by atoms with E-state index in [-0.39, 0.29) is 5.25 Å². The van der Waals surface area contributed by atoms with E-state index in [0.29, 0.717) is 25.7 Å². The number of rotatable bonds is 7. The zero-order valence-electron chi connectivity index (χ0n) is 12.0. The first kappa shape index (κ1) is 15.9. The van der Waals surface area contributed by atoms with Gasteiger partial charge in [-0.3, -0.25) is 4.90 Å². The largest absolute Gasteiger partial charge is 0.318 e. The number of likely N-dealkylation sites (N-methyl/N-ethyl adjacent to an activating group) is 1. The lowest BCUT2D eigenvalue weighted by Gasteiger charge is -2.27. The Morgan fingerprint density at radius 2 is 2.00 bits per heavy atom. The molecule has 5 nitrogen and oxygen atoms in total. The van der Waals surface area contributed by atoms with Gasteiger partial charge >= 0.3 is 0 Å². The lowest BCUT2D eigenvalue weighted by atomic mass is 10.2. The summed E-state index contributed by atoms with van der Waals surface area (Å²) in [7, 11) is -1.35. The quantitative estimate of drug-likeness (QED) is 0.729. The van der Waals surface area contributed by atoms with E-state index in [4.69, 9.17) is 0 Å². The first-order chi connectivity index (χ1) is 8.47. The minimum atomic E-state index is -3.14. The molecule has 0 bridgehead atoms. The molecule has 1 rings (SSSR count). The van der Waals surface area contributed by atoms with Gasteiger partial charge in [-0.15, -0.1) is 0 Å². The molecule has 2 unspecified atom stereocenters. The summed E-state index contributed by atoms with van der Waals surface area (Å²) in [4.78, 5) is 2.35. The van der Waals surface area contributed by atoms with Crippen molar-refractivity contribution < 1.29 is 8.42 Å². The molecule has 1 heterocycles. The van der Waals surface area contributed by atoms with E-state index in [0.717, 1.165) is 19.5 Å². The van der Waals surface area contributed by atoms with Crippen LogP contribution in [0.1, 0.15) is 27.2 Å². The number of hydrogen-bond acceptors (Lipinski definition) is 4.